The summed E-state index contributed by atoms with van der Waals surface area (Å²) in [5.74, 6) is 0.242. The van der Waals surface area contributed by atoms with Crippen LogP contribution in [0.4, 0.5) is 0 Å². The van der Waals surface area contributed by atoms with E-state index in [2.05, 4.69) is 11.4 Å². The second kappa shape index (κ2) is 5.87. The van der Waals surface area contributed by atoms with Crippen molar-refractivity contribution in [3.05, 3.63) is 29.3 Å². The van der Waals surface area contributed by atoms with Gasteiger partial charge in [-0.15, -0.1) is 0 Å². The van der Waals surface area contributed by atoms with Crippen LogP contribution < -0.4 is 10.1 Å². The molecule has 2 rings (SSSR count). The Balaban J connectivity index is 2.11. The average Bonchev–Trinajstić information content (AvgIpc) is 2.38. The van der Waals surface area contributed by atoms with Crippen molar-refractivity contribution in [2.24, 2.45) is 0 Å². The van der Waals surface area contributed by atoms with Gasteiger partial charge in [0.2, 0.25) is 0 Å². The molecule has 2 N–H and O–H groups in total. The van der Waals surface area contributed by atoms with Crippen LogP contribution in [0.25, 0.3) is 0 Å². The molecule has 18 heavy (non-hydrogen) atoms. The number of rotatable bonds is 4. The molecule has 1 aromatic carbocycles. The first kappa shape index (κ1) is 12.9. The van der Waals surface area contributed by atoms with Crippen LogP contribution in [0.2, 0.25) is 0 Å². The molecule has 0 aliphatic carbocycles. The van der Waals surface area contributed by atoms with Crippen LogP contribution in [0.15, 0.2) is 18.2 Å². The van der Waals surface area contributed by atoms with Gasteiger partial charge in [-0.25, -0.2) is 4.79 Å². The van der Waals surface area contributed by atoms with E-state index in [4.69, 9.17) is 9.84 Å². The first-order valence-corrected chi connectivity index (χ1v) is 6.32. The molecule has 0 amide bonds. The third-order valence-electron chi connectivity index (χ3n) is 3.33. The summed E-state index contributed by atoms with van der Waals surface area (Å²) in [6.45, 7) is 3.72. The summed E-state index contributed by atoms with van der Waals surface area (Å²) in [6.07, 6.45) is 2.36. The van der Waals surface area contributed by atoms with E-state index in [-0.39, 0.29) is 6.61 Å². The highest BCUT2D eigenvalue weighted by atomic mass is 16.5. The third-order valence-corrected chi connectivity index (χ3v) is 3.33. The van der Waals surface area contributed by atoms with E-state index in [1.165, 1.54) is 18.4 Å². The van der Waals surface area contributed by atoms with E-state index < -0.39 is 5.97 Å². The van der Waals surface area contributed by atoms with E-state index in [0.29, 0.717) is 11.7 Å². The number of hydrogen-bond acceptors (Lipinski definition) is 3. The van der Waals surface area contributed by atoms with Gasteiger partial charge in [0.1, 0.15) is 5.75 Å². The number of carbonyl (C=O) groups is 1. The molecule has 0 spiro atoms. The van der Waals surface area contributed by atoms with Crippen LogP contribution in [-0.2, 0) is 4.79 Å². The van der Waals surface area contributed by atoms with E-state index in [0.717, 1.165) is 18.7 Å². The molecule has 0 saturated carbocycles. The molecule has 4 nitrogen and oxygen atoms in total. The van der Waals surface area contributed by atoms with Gasteiger partial charge in [0.05, 0.1) is 0 Å². The zero-order valence-electron chi connectivity index (χ0n) is 10.6. The van der Waals surface area contributed by atoms with Gasteiger partial charge in [-0.05, 0) is 49.4 Å². The molecule has 1 heterocycles. The summed E-state index contributed by atoms with van der Waals surface area (Å²) < 4.78 is 5.31. The lowest BCUT2D eigenvalue weighted by Crippen LogP contribution is -2.28. The second-order valence-electron chi connectivity index (χ2n) is 4.75. The topological polar surface area (TPSA) is 58.6 Å². The maximum Gasteiger partial charge on any atom is 0.341 e. The highest BCUT2D eigenvalue weighted by molar-refractivity contribution is 5.68. The van der Waals surface area contributed by atoms with Crippen molar-refractivity contribution < 1.29 is 14.6 Å². The Labute approximate surface area is 107 Å². The SMILES string of the molecule is Cc1ccc(C2CCCNC2)cc1OCC(=O)O. The highest BCUT2D eigenvalue weighted by Gasteiger charge is 2.16. The molecule has 98 valence electrons. The Morgan fingerprint density at radius 3 is 3.06 bits per heavy atom. The van der Waals surface area contributed by atoms with Crippen LogP contribution in [0, 0.1) is 6.92 Å². The smallest absolute Gasteiger partial charge is 0.341 e. The van der Waals surface area contributed by atoms with Gasteiger partial charge >= 0.3 is 5.97 Å². The summed E-state index contributed by atoms with van der Waals surface area (Å²) >= 11 is 0. The first-order chi connectivity index (χ1) is 8.66. The first-order valence-electron chi connectivity index (χ1n) is 6.32. The molecule has 1 saturated heterocycles. The van der Waals surface area contributed by atoms with Crippen LogP contribution in [0.3, 0.4) is 0 Å². The molecule has 1 atom stereocenters. The number of aryl methyl sites for hydroxylation is 1. The lowest BCUT2D eigenvalue weighted by atomic mass is 9.91. The van der Waals surface area contributed by atoms with Crippen molar-refractivity contribution in [2.45, 2.75) is 25.7 Å². The quantitative estimate of drug-likeness (QED) is 0.856. The zero-order chi connectivity index (χ0) is 13.0. The Morgan fingerprint density at radius 2 is 2.39 bits per heavy atom. The Hall–Kier alpha value is -1.55. The molecule has 1 aliphatic rings. The second-order valence-corrected chi connectivity index (χ2v) is 4.75. The van der Waals surface area contributed by atoms with Crippen LogP contribution in [-0.4, -0.2) is 30.8 Å². The molecule has 0 radical (unpaired) electrons. The van der Waals surface area contributed by atoms with E-state index in [1.807, 2.05) is 19.1 Å². The monoisotopic (exact) mass is 249 g/mol. The fourth-order valence-electron chi connectivity index (χ4n) is 2.30. The number of ether oxygens (including phenoxy) is 1. The van der Waals surface area contributed by atoms with Gasteiger partial charge in [-0.1, -0.05) is 12.1 Å². The van der Waals surface area contributed by atoms with E-state index in [1.54, 1.807) is 0 Å². The van der Waals surface area contributed by atoms with Crippen molar-refractivity contribution in [2.75, 3.05) is 19.7 Å². The fourth-order valence-corrected chi connectivity index (χ4v) is 2.30. The van der Waals surface area contributed by atoms with E-state index in [9.17, 15) is 4.79 Å². The van der Waals surface area contributed by atoms with Gasteiger partial charge in [-0.2, -0.15) is 0 Å². The standard InChI is InChI=1S/C14H19NO3/c1-10-4-5-11(12-3-2-6-15-8-12)7-13(10)18-9-14(16)17/h4-5,7,12,15H,2-3,6,8-9H2,1H3,(H,16,17). The van der Waals surface area contributed by atoms with Gasteiger partial charge < -0.3 is 15.2 Å². The Morgan fingerprint density at radius 1 is 1.56 bits per heavy atom. The van der Waals surface area contributed by atoms with Gasteiger partial charge in [0, 0.05) is 6.54 Å². The molecule has 1 unspecified atom stereocenters. The predicted molar refractivity (Wildman–Crippen MR) is 69.2 cm³/mol. The number of nitrogens with one attached hydrogen (secondary N) is 1. The number of carboxylic acid groups (broad SMARTS) is 1. The highest BCUT2D eigenvalue weighted by Crippen LogP contribution is 2.28. The number of carboxylic acids is 1. The maximum atomic E-state index is 10.5. The number of piperidine rings is 1. The van der Waals surface area contributed by atoms with Gasteiger partial charge in [0.25, 0.3) is 0 Å². The Kier molecular flexibility index (Phi) is 4.20. The minimum atomic E-state index is -0.945. The number of aliphatic carboxylic acids is 1. The molecular formula is C14H19NO3. The Bertz CT molecular complexity index is 425. The molecule has 0 aromatic heterocycles. The van der Waals surface area contributed by atoms with Crippen molar-refractivity contribution in [1.29, 1.82) is 0 Å². The molecule has 1 aromatic rings. The van der Waals surface area contributed by atoms with E-state index >= 15 is 0 Å². The summed E-state index contributed by atoms with van der Waals surface area (Å²) in [6, 6.07) is 6.09. The molecule has 1 fully saturated rings. The normalized spacial score (nSPS) is 19.5. The summed E-state index contributed by atoms with van der Waals surface area (Å²) in [4.78, 5) is 10.5. The summed E-state index contributed by atoms with van der Waals surface area (Å²) in [7, 11) is 0. The zero-order valence-corrected chi connectivity index (χ0v) is 10.6. The maximum absolute atomic E-state index is 10.5. The summed E-state index contributed by atoms with van der Waals surface area (Å²) in [5, 5.41) is 12.0. The lowest BCUT2D eigenvalue weighted by Gasteiger charge is -2.23. The molecule has 4 heteroatoms. The fraction of sp³-hybridized carbons (Fsp3) is 0.500. The van der Waals surface area contributed by atoms with Gasteiger partial charge in [0.15, 0.2) is 6.61 Å². The largest absolute Gasteiger partial charge is 0.482 e. The van der Waals surface area contributed by atoms with Crippen molar-refractivity contribution in [3.63, 3.8) is 0 Å². The third kappa shape index (κ3) is 3.23. The van der Waals surface area contributed by atoms with Crippen LogP contribution in [0.5, 0.6) is 5.75 Å². The minimum Gasteiger partial charge on any atom is -0.482 e. The minimum absolute atomic E-state index is 0.285. The number of benzene rings is 1. The average molecular weight is 249 g/mol. The summed E-state index contributed by atoms with van der Waals surface area (Å²) in [5.41, 5.74) is 2.21. The molecule has 1 aliphatic heterocycles. The van der Waals surface area contributed by atoms with Crippen molar-refractivity contribution in [3.8, 4) is 5.75 Å². The van der Waals surface area contributed by atoms with Crippen molar-refractivity contribution >= 4 is 5.97 Å². The molecule has 0 bridgehead atoms. The number of hydrogen-bond donors (Lipinski definition) is 2. The van der Waals surface area contributed by atoms with Gasteiger partial charge in [-0.3, -0.25) is 0 Å². The van der Waals surface area contributed by atoms with Crippen LogP contribution in [0.1, 0.15) is 29.9 Å². The molecular weight excluding hydrogens is 230 g/mol. The van der Waals surface area contributed by atoms with Crippen molar-refractivity contribution in [1.82, 2.24) is 5.32 Å². The van der Waals surface area contributed by atoms with Crippen LogP contribution >= 0.6 is 0 Å². The predicted octanol–water partition coefficient (Wildman–Crippen LogP) is 1.93. The lowest BCUT2D eigenvalue weighted by molar-refractivity contribution is -0.139.